The lowest BCUT2D eigenvalue weighted by Crippen LogP contribution is -2.45. The molecule has 0 radical (unpaired) electrons. The number of aliphatic carboxylic acids is 1. The maximum atomic E-state index is 12.0. The van der Waals surface area contributed by atoms with Gasteiger partial charge in [0, 0.05) is 18.8 Å². The van der Waals surface area contributed by atoms with Gasteiger partial charge in [-0.05, 0) is 19.3 Å². The molecule has 1 N–H and O–H groups in total. The van der Waals surface area contributed by atoms with Crippen LogP contribution in [0.1, 0.15) is 84.0 Å². The molecule has 2 atom stereocenters. The Bertz CT molecular complexity index is 537. The number of hydrogen-bond donors (Lipinski definition) is 1. The van der Waals surface area contributed by atoms with Crippen molar-refractivity contribution in [3.05, 3.63) is 24.3 Å². The Labute approximate surface area is 189 Å². The van der Waals surface area contributed by atoms with Gasteiger partial charge in [0.2, 0.25) is 0 Å². The van der Waals surface area contributed by atoms with E-state index in [1.54, 1.807) is 0 Å². The molecule has 0 amide bonds. The Morgan fingerprint density at radius 2 is 1.65 bits per heavy atom. The largest absolute Gasteiger partial charge is 0.550 e. The number of carbonyl (C=O) groups excluding carboxylic acids is 2. The number of quaternary nitrogens is 1. The maximum absolute atomic E-state index is 12.0. The average Bonchev–Trinajstić information content (AvgIpc) is 2.64. The first kappa shape index (κ1) is 29.3. The van der Waals surface area contributed by atoms with Crippen LogP contribution < -0.4 is 5.11 Å². The number of likely N-dealkylation sites (N-methyl/N-ethyl adjacent to an activating group) is 1. The van der Waals surface area contributed by atoms with Crippen LogP contribution in [-0.2, 0) is 14.3 Å². The second kappa shape index (κ2) is 18.0. The van der Waals surface area contributed by atoms with E-state index in [1.807, 2.05) is 39.4 Å². The third kappa shape index (κ3) is 21.4. The highest BCUT2D eigenvalue weighted by Crippen LogP contribution is 2.12. The fourth-order valence-electron chi connectivity index (χ4n) is 3.30. The minimum Gasteiger partial charge on any atom is -0.550 e. The number of carbonyl (C=O) groups is 2. The van der Waals surface area contributed by atoms with Crippen molar-refractivity contribution in [2.45, 2.75) is 96.2 Å². The van der Waals surface area contributed by atoms with Gasteiger partial charge in [0.25, 0.3) is 0 Å². The number of carboxylic acids is 1. The van der Waals surface area contributed by atoms with Crippen LogP contribution in [0.25, 0.3) is 0 Å². The minimum absolute atomic E-state index is 0.266. The molecule has 0 bridgehead atoms. The lowest BCUT2D eigenvalue weighted by atomic mass is 10.1. The van der Waals surface area contributed by atoms with Crippen molar-refractivity contribution in [2.75, 3.05) is 27.7 Å². The van der Waals surface area contributed by atoms with Gasteiger partial charge in [-0.25, -0.2) is 0 Å². The van der Waals surface area contributed by atoms with Crippen LogP contribution >= 0.6 is 0 Å². The van der Waals surface area contributed by atoms with Gasteiger partial charge in [0.05, 0.1) is 27.2 Å². The summed E-state index contributed by atoms with van der Waals surface area (Å²) in [6.07, 6.45) is 17.1. The number of allylic oxidation sites excluding steroid dienone is 3. The van der Waals surface area contributed by atoms with Crippen molar-refractivity contribution >= 4 is 11.9 Å². The van der Waals surface area contributed by atoms with Gasteiger partial charge in [-0.2, -0.15) is 0 Å². The van der Waals surface area contributed by atoms with E-state index in [-0.39, 0.29) is 18.5 Å². The predicted molar refractivity (Wildman–Crippen MR) is 123 cm³/mol. The van der Waals surface area contributed by atoms with Crippen LogP contribution in [0.2, 0.25) is 0 Å². The molecule has 0 aliphatic carbocycles. The molecule has 0 aromatic carbocycles. The van der Waals surface area contributed by atoms with Gasteiger partial charge in [-0.3, -0.25) is 4.79 Å². The topological polar surface area (TPSA) is 86.7 Å². The number of aliphatic hydroxyl groups excluding tert-OH is 1. The van der Waals surface area contributed by atoms with Crippen LogP contribution in [-0.4, -0.2) is 61.4 Å². The van der Waals surface area contributed by atoms with Crippen LogP contribution in [0.3, 0.4) is 0 Å². The zero-order chi connectivity index (χ0) is 23.5. The van der Waals surface area contributed by atoms with Gasteiger partial charge in [-0.1, -0.05) is 76.2 Å². The van der Waals surface area contributed by atoms with E-state index in [4.69, 9.17) is 4.74 Å². The summed E-state index contributed by atoms with van der Waals surface area (Å²) in [6.45, 7) is 2.61. The van der Waals surface area contributed by atoms with Gasteiger partial charge in [0.15, 0.2) is 6.10 Å². The summed E-state index contributed by atoms with van der Waals surface area (Å²) in [5.41, 5.74) is 0. The highest BCUT2D eigenvalue weighted by molar-refractivity contribution is 5.70. The Balaban J connectivity index is 3.80. The van der Waals surface area contributed by atoms with Gasteiger partial charge >= 0.3 is 5.97 Å². The van der Waals surface area contributed by atoms with Crippen LogP contribution in [0, 0.1) is 0 Å². The predicted octanol–water partition coefficient (Wildman–Crippen LogP) is 3.53. The molecule has 0 fully saturated rings. The van der Waals surface area contributed by atoms with Gasteiger partial charge < -0.3 is 24.2 Å². The lowest BCUT2D eigenvalue weighted by molar-refractivity contribution is -0.873. The zero-order valence-electron chi connectivity index (χ0n) is 20.2. The Kier molecular flexibility index (Phi) is 17.0. The highest BCUT2D eigenvalue weighted by Gasteiger charge is 2.22. The number of carboxylic acid groups (broad SMARTS) is 1. The second-order valence-electron chi connectivity index (χ2n) is 9.34. The third-order valence-electron chi connectivity index (χ3n) is 4.88. The van der Waals surface area contributed by atoms with E-state index in [2.05, 4.69) is 13.0 Å². The van der Waals surface area contributed by atoms with E-state index in [9.17, 15) is 19.8 Å². The molecule has 180 valence electrons. The standard InChI is InChI=1S/C25H45NO5/c1-5-6-7-8-11-14-17-22(27)18-15-12-9-10-13-16-19-25(30)31-23(20-24(28)29)21-26(2,3)4/h8,11,14,17,22-23,27H,5-7,9-10,12-13,15-16,18-21H2,1-4H3/b11-8+,17-14+. The number of aliphatic hydroxyl groups is 1. The van der Waals surface area contributed by atoms with Gasteiger partial charge in [-0.15, -0.1) is 0 Å². The van der Waals surface area contributed by atoms with Crippen LogP contribution in [0.4, 0.5) is 0 Å². The van der Waals surface area contributed by atoms with Crippen molar-refractivity contribution in [1.29, 1.82) is 0 Å². The molecule has 31 heavy (non-hydrogen) atoms. The third-order valence-corrected chi connectivity index (χ3v) is 4.88. The Morgan fingerprint density at radius 1 is 1.00 bits per heavy atom. The monoisotopic (exact) mass is 439 g/mol. The SMILES string of the molecule is CCCC/C=C/C=C/C(O)CCCCCCCCC(=O)OC(CC(=O)[O-])C[N+](C)(C)C. The van der Waals surface area contributed by atoms with Crippen LogP contribution in [0.5, 0.6) is 0 Å². The summed E-state index contributed by atoms with van der Waals surface area (Å²) in [7, 11) is 5.78. The fraction of sp³-hybridized carbons (Fsp3) is 0.760. The number of unbranched alkanes of at least 4 members (excludes halogenated alkanes) is 7. The number of nitrogens with zero attached hydrogens (tertiary/aromatic N) is 1. The molecular weight excluding hydrogens is 394 g/mol. The molecule has 2 unspecified atom stereocenters. The lowest BCUT2D eigenvalue weighted by Gasteiger charge is -2.29. The van der Waals surface area contributed by atoms with Crippen molar-refractivity contribution in [3.63, 3.8) is 0 Å². The first-order valence-corrected chi connectivity index (χ1v) is 11.8. The maximum Gasteiger partial charge on any atom is 0.306 e. The summed E-state index contributed by atoms with van der Waals surface area (Å²) < 4.78 is 5.87. The Hall–Kier alpha value is -1.66. The molecular formula is C25H45NO5. The van der Waals surface area contributed by atoms with Crippen molar-refractivity contribution < 1.29 is 29.0 Å². The minimum atomic E-state index is -1.20. The Morgan fingerprint density at radius 3 is 2.26 bits per heavy atom. The summed E-state index contributed by atoms with van der Waals surface area (Å²) in [5.74, 6) is -1.53. The van der Waals surface area contributed by atoms with E-state index in [0.29, 0.717) is 17.4 Å². The van der Waals surface area contributed by atoms with E-state index < -0.39 is 12.1 Å². The number of rotatable bonds is 19. The summed E-state index contributed by atoms with van der Waals surface area (Å²) in [5, 5.41) is 20.8. The van der Waals surface area contributed by atoms with E-state index in [0.717, 1.165) is 51.4 Å². The van der Waals surface area contributed by atoms with Crippen molar-refractivity contribution in [2.24, 2.45) is 0 Å². The zero-order valence-corrected chi connectivity index (χ0v) is 20.2. The van der Waals surface area contributed by atoms with E-state index in [1.165, 1.54) is 12.8 Å². The first-order valence-electron chi connectivity index (χ1n) is 11.8. The smallest absolute Gasteiger partial charge is 0.306 e. The molecule has 0 aliphatic rings. The van der Waals surface area contributed by atoms with Crippen molar-refractivity contribution in [1.82, 2.24) is 0 Å². The van der Waals surface area contributed by atoms with Crippen LogP contribution in [0.15, 0.2) is 24.3 Å². The first-order chi connectivity index (χ1) is 14.6. The highest BCUT2D eigenvalue weighted by atomic mass is 16.5. The number of hydrogen-bond acceptors (Lipinski definition) is 5. The number of esters is 1. The molecule has 0 aliphatic heterocycles. The molecule has 0 saturated heterocycles. The number of ether oxygens (including phenoxy) is 1. The molecule has 0 heterocycles. The molecule has 0 aromatic rings. The molecule has 0 spiro atoms. The molecule has 6 heteroatoms. The second-order valence-corrected chi connectivity index (χ2v) is 9.34. The quantitative estimate of drug-likeness (QED) is 0.144. The average molecular weight is 440 g/mol. The molecule has 0 aromatic heterocycles. The molecule has 0 rings (SSSR count). The van der Waals surface area contributed by atoms with Crippen molar-refractivity contribution in [3.8, 4) is 0 Å². The summed E-state index contributed by atoms with van der Waals surface area (Å²) >= 11 is 0. The van der Waals surface area contributed by atoms with E-state index >= 15 is 0 Å². The normalized spacial score (nSPS) is 14.2. The fourth-order valence-corrected chi connectivity index (χ4v) is 3.30. The molecule has 0 saturated carbocycles. The molecule has 6 nitrogen and oxygen atoms in total. The summed E-state index contributed by atoms with van der Waals surface area (Å²) in [6, 6.07) is 0. The summed E-state index contributed by atoms with van der Waals surface area (Å²) in [4.78, 5) is 22.9. The van der Waals surface area contributed by atoms with Gasteiger partial charge in [0.1, 0.15) is 6.54 Å².